The molecule has 0 aliphatic heterocycles. The molecule has 1 N–H and O–H groups in total. The Hall–Kier alpha value is -1.91. The molecule has 0 saturated heterocycles. The highest BCUT2D eigenvalue weighted by atomic mass is 16.4. The number of nitrogens with zero attached hydrogens (tertiary/aromatic N) is 3. The van der Waals surface area contributed by atoms with E-state index in [4.69, 9.17) is 5.11 Å². The van der Waals surface area contributed by atoms with Gasteiger partial charge in [0.05, 0.1) is 17.8 Å². The van der Waals surface area contributed by atoms with Gasteiger partial charge in [0.2, 0.25) is 0 Å². The summed E-state index contributed by atoms with van der Waals surface area (Å²) in [7, 11) is 0. The summed E-state index contributed by atoms with van der Waals surface area (Å²) in [6, 6.07) is 0. The number of carboxylic acids is 1. The van der Waals surface area contributed by atoms with Crippen molar-refractivity contribution in [2.75, 3.05) is 0 Å². The number of aromatic nitrogens is 3. The summed E-state index contributed by atoms with van der Waals surface area (Å²) >= 11 is 0. The van der Waals surface area contributed by atoms with Crippen molar-refractivity contribution in [3.8, 4) is 0 Å². The minimum Gasteiger partial charge on any atom is -0.481 e. The first-order chi connectivity index (χ1) is 6.68. The van der Waals surface area contributed by atoms with Crippen LogP contribution >= 0.6 is 0 Å². The van der Waals surface area contributed by atoms with E-state index in [0.717, 1.165) is 0 Å². The summed E-state index contributed by atoms with van der Waals surface area (Å²) in [6.45, 7) is 1.61. The van der Waals surface area contributed by atoms with Gasteiger partial charge >= 0.3 is 5.97 Å². The molecule has 2 heterocycles. The highest BCUT2D eigenvalue weighted by Gasteiger charge is 2.16. The van der Waals surface area contributed by atoms with Crippen molar-refractivity contribution < 1.29 is 9.90 Å². The molecule has 14 heavy (non-hydrogen) atoms. The molecule has 0 aromatic carbocycles. The molecule has 0 spiro atoms. The van der Waals surface area contributed by atoms with Crippen LogP contribution in [0, 0.1) is 0 Å². The average Bonchev–Trinajstić information content (AvgIpc) is 2.59. The maximum atomic E-state index is 10.7. The molecular weight excluding hydrogens is 182 g/mol. The molecule has 0 bridgehead atoms. The molecule has 1 atom stereocenters. The van der Waals surface area contributed by atoms with Gasteiger partial charge in [-0.05, 0) is 6.92 Å². The standard InChI is InChI=1S/C9H9N3O2/c1-6(9(13)14)7-5-12-3-2-10-4-8(12)11-7/h2-6H,1H3,(H,13,14). The second-order valence-corrected chi connectivity index (χ2v) is 3.07. The predicted molar refractivity (Wildman–Crippen MR) is 49.0 cm³/mol. The van der Waals surface area contributed by atoms with Gasteiger partial charge in [0.25, 0.3) is 0 Å². The smallest absolute Gasteiger partial charge is 0.312 e. The van der Waals surface area contributed by atoms with Crippen molar-refractivity contribution in [1.82, 2.24) is 14.4 Å². The van der Waals surface area contributed by atoms with Crippen LogP contribution in [-0.2, 0) is 4.79 Å². The molecule has 72 valence electrons. The van der Waals surface area contributed by atoms with E-state index < -0.39 is 11.9 Å². The fraction of sp³-hybridized carbons (Fsp3) is 0.222. The molecule has 1 unspecified atom stereocenters. The lowest BCUT2D eigenvalue weighted by atomic mass is 10.1. The van der Waals surface area contributed by atoms with Crippen LogP contribution in [0.2, 0.25) is 0 Å². The summed E-state index contributed by atoms with van der Waals surface area (Å²) in [4.78, 5) is 18.8. The number of aliphatic carboxylic acids is 1. The van der Waals surface area contributed by atoms with Gasteiger partial charge in [-0.25, -0.2) is 4.98 Å². The third-order valence-electron chi connectivity index (χ3n) is 2.10. The second-order valence-electron chi connectivity index (χ2n) is 3.07. The first-order valence-corrected chi connectivity index (χ1v) is 4.20. The summed E-state index contributed by atoms with van der Waals surface area (Å²) in [5, 5.41) is 8.80. The summed E-state index contributed by atoms with van der Waals surface area (Å²) in [5.74, 6) is -1.46. The van der Waals surface area contributed by atoms with Crippen molar-refractivity contribution in [1.29, 1.82) is 0 Å². The molecule has 5 heteroatoms. The monoisotopic (exact) mass is 191 g/mol. The molecule has 2 aromatic heterocycles. The summed E-state index contributed by atoms with van der Waals surface area (Å²) in [5.41, 5.74) is 1.21. The number of rotatable bonds is 2. The molecule has 0 radical (unpaired) electrons. The van der Waals surface area contributed by atoms with E-state index in [1.807, 2.05) is 0 Å². The summed E-state index contributed by atoms with van der Waals surface area (Å²) in [6.07, 6.45) is 6.66. The van der Waals surface area contributed by atoms with Crippen molar-refractivity contribution in [2.45, 2.75) is 12.8 Å². The van der Waals surface area contributed by atoms with Crippen LogP contribution in [0.4, 0.5) is 0 Å². The quantitative estimate of drug-likeness (QED) is 0.766. The van der Waals surface area contributed by atoms with Crippen LogP contribution in [0.25, 0.3) is 5.65 Å². The number of hydrogen-bond donors (Lipinski definition) is 1. The Labute approximate surface area is 80.0 Å². The first kappa shape index (κ1) is 8.68. The van der Waals surface area contributed by atoms with E-state index in [0.29, 0.717) is 11.3 Å². The van der Waals surface area contributed by atoms with Gasteiger partial charge in [0, 0.05) is 18.6 Å². The van der Waals surface area contributed by atoms with Crippen molar-refractivity contribution in [2.24, 2.45) is 0 Å². The molecular formula is C9H9N3O2. The molecule has 0 aliphatic rings. The van der Waals surface area contributed by atoms with Gasteiger partial charge in [-0.2, -0.15) is 0 Å². The lowest BCUT2D eigenvalue weighted by Crippen LogP contribution is -2.07. The van der Waals surface area contributed by atoms with E-state index in [2.05, 4.69) is 9.97 Å². The van der Waals surface area contributed by atoms with E-state index in [1.165, 1.54) is 0 Å². The number of imidazole rings is 1. The number of carboxylic acid groups (broad SMARTS) is 1. The van der Waals surface area contributed by atoms with Gasteiger partial charge in [-0.1, -0.05) is 0 Å². The number of hydrogen-bond acceptors (Lipinski definition) is 3. The Morgan fingerprint density at radius 1 is 1.64 bits per heavy atom. The van der Waals surface area contributed by atoms with Gasteiger partial charge in [-0.15, -0.1) is 0 Å². The van der Waals surface area contributed by atoms with E-state index >= 15 is 0 Å². The van der Waals surface area contributed by atoms with Crippen molar-refractivity contribution >= 4 is 11.6 Å². The zero-order chi connectivity index (χ0) is 10.1. The molecule has 5 nitrogen and oxygen atoms in total. The predicted octanol–water partition coefficient (Wildman–Crippen LogP) is 0.917. The van der Waals surface area contributed by atoms with Crippen molar-refractivity contribution in [3.63, 3.8) is 0 Å². The maximum absolute atomic E-state index is 10.7. The van der Waals surface area contributed by atoms with Crippen molar-refractivity contribution in [3.05, 3.63) is 30.5 Å². The largest absolute Gasteiger partial charge is 0.481 e. The highest BCUT2D eigenvalue weighted by Crippen LogP contribution is 2.14. The number of carbonyl (C=O) groups is 1. The van der Waals surface area contributed by atoms with Gasteiger partial charge in [0.1, 0.15) is 0 Å². The Kier molecular flexibility index (Phi) is 1.92. The normalized spacial score (nSPS) is 12.9. The SMILES string of the molecule is CC(C(=O)O)c1cn2ccncc2n1. The topological polar surface area (TPSA) is 67.5 Å². The van der Waals surface area contributed by atoms with Crippen LogP contribution in [0.1, 0.15) is 18.5 Å². The molecule has 0 aliphatic carbocycles. The Morgan fingerprint density at radius 3 is 3.07 bits per heavy atom. The minimum atomic E-state index is -0.874. The molecule has 2 aromatic rings. The average molecular weight is 191 g/mol. The first-order valence-electron chi connectivity index (χ1n) is 4.20. The lowest BCUT2D eigenvalue weighted by Gasteiger charge is -1.98. The third kappa shape index (κ3) is 1.32. The molecule has 0 saturated carbocycles. The van der Waals surface area contributed by atoms with Gasteiger partial charge < -0.3 is 9.51 Å². The zero-order valence-corrected chi connectivity index (χ0v) is 7.58. The van der Waals surface area contributed by atoms with Gasteiger partial charge in [-0.3, -0.25) is 9.78 Å². The summed E-state index contributed by atoms with van der Waals surface area (Å²) < 4.78 is 1.75. The number of fused-ring (bicyclic) bond motifs is 1. The van der Waals surface area contributed by atoms with Crippen LogP contribution in [0.5, 0.6) is 0 Å². The lowest BCUT2D eigenvalue weighted by molar-refractivity contribution is -0.138. The fourth-order valence-electron chi connectivity index (χ4n) is 1.20. The Balaban J connectivity index is 2.50. The Morgan fingerprint density at radius 2 is 2.43 bits per heavy atom. The van der Waals surface area contributed by atoms with E-state index in [9.17, 15) is 4.79 Å². The fourth-order valence-corrected chi connectivity index (χ4v) is 1.20. The van der Waals surface area contributed by atoms with Crippen LogP contribution in [0.3, 0.4) is 0 Å². The van der Waals surface area contributed by atoms with Crippen LogP contribution < -0.4 is 0 Å². The maximum Gasteiger partial charge on any atom is 0.312 e. The molecule has 2 rings (SSSR count). The molecule has 0 fully saturated rings. The Bertz CT molecular complexity index is 445. The third-order valence-corrected chi connectivity index (χ3v) is 2.10. The van der Waals surface area contributed by atoms with E-state index in [1.54, 1.807) is 36.1 Å². The van der Waals surface area contributed by atoms with Gasteiger partial charge in [0.15, 0.2) is 5.65 Å². The van der Waals surface area contributed by atoms with Crippen LogP contribution in [-0.4, -0.2) is 25.4 Å². The second kappa shape index (κ2) is 3.10. The minimum absolute atomic E-state index is 0.547. The van der Waals surface area contributed by atoms with E-state index in [-0.39, 0.29) is 0 Å². The molecule has 0 amide bonds. The highest BCUT2D eigenvalue weighted by molar-refractivity contribution is 5.75. The zero-order valence-electron chi connectivity index (χ0n) is 7.58. The van der Waals surface area contributed by atoms with Crippen LogP contribution in [0.15, 0.2) is 24.8 Å².